The number of hydrogen-bond acceptors (Lipinski definition) is 4. The average molecular weight is 418 g/mol. The molecule has 3 rings (SSSR count). The summed E-state index contributed by atoms with van der Waals surface area (Å²) in [5, 5.41) is 4.08. The van der Waals surface area contributed by atoms with E-state index in [1.54, 1.807) is 12.1 Å². The van der Waals surface area contributed by atoms with E-state index in [-0.39, 0.29) is 30.3 Å². The Labute approximate surface area is 170 Å². The molecular weight excluding hydrogens is 393 g/mol. The van der Waals surface area contributed by atoms with E-state index in [9.17, 15) is 9.59 Å². The van der Waals surface area contributed by atoms with Crippen molar-refractivity contribution in [2.24, 2.45) is 0 Å². The molecule has 0 aromatic heterocycles. The second-order valence-electron chi connectivity index (χ2n) is 6.49. The Morgan fingerprint density at radius 1 is 1.08 bits per heavy atom. The summed E-state index contributed by atoms with van der Waals surface area (Å²) in [6.45, 7) is 3.47. The van der Waals surface area contributed by atoms with Crippen LogP contribution in [0.4, 0.5) is 0 Å². The van der Waals surface area contributed by atoms with E-state index < -0.39 is 0 Å². The molecule has 2 saturated heterocycles. The number of carbonyl (C=O) groups is 2. The number of amides is 2. The van der Waals surface area contributed by atoms with Gasteiger partial charge in [0.25, 0.3) is 0 Å². The smallest absolute Gasteiger partial charge is 0.227 e. The van der Waals surface area contributed by atoms with Crippen LogP contribution in [0.5, 0.6) is 0 Å². The molecule has 26 heavy (non-hydrogen) atoms. The van der Waals surface area contributed by atoms with Crippen molar-refractivity contribution in [3.05, 3.63) is 34.9 Å². The van der Waals surface area contributed by atoms with Gasteiger partial charge in [-0.1, -0.05) is 23.7 Å². The van der Waals surface area contributed by atoms with E-state index in [1.807, 2.05) is 33.7 Å². The third-order valence-electron chi connectivity index (χ3n) is 4.67. The number of benzene rings is 1. The Morgan fingerprint density at radius 2 is 1.69 bits per heavy atom. The second kappa shape index (κ2) is 10.4. The zero-order valence-corrected chi connectivity index (χ0v) is 17.0. The van der Waals surface area contributed by atoms with Crippen molar-refractivity contribution in [2.45, 2.75) is 18.9 Å². The topological polar surface area (TPSA) is 52.7 Å². The lowest BCUT2D eigenvalue weighted by molar-refractivity contribution is -0.139. The SMILES string of the molecule is Cl.O=C(Cc1ccc(Cl)cc1)N1CCN(C(=O)CC2CSCCN2)CC1. The molecule has 0 saturated carbocycles. The van der Waals surface area contributed by atoms with Crippen molar-refractivity contribution in [1.29, 1.82) is 0 Å². The monoisotopic (exact) mass is 417 g/mol. The fraction of sp³-hybridized carbons (Fsp3) is 0.556. The Morgan fingerprint density at radius 3 is 2.27 bits per heavy atom. The molecule has 0 bridgehead atoms. The van der Waals surface area contributed by atoms with Gasteiger partial charge in [-0.3, -0.25) is 9.59 Å². The van der Waals surface area contributed by atoms with Gasteiger partial charge >= 0.3 is 0 Å². The summed E-state index contributed by atoms with van der Waals surface area (Å²) in [7, 11) is 0. The Bertz CT molecular complexity index is 601. The van der Waals surface area contributed by atoms with Crippen molar-refractivity contribution in [3.63, 3.8) is 0 Å². The fourth-order valence-electron chi connectivity index (χ4n) is 3.18. The third-order valence-corrected chi connectivity index (χ3v) is 6.06. The lowest BCUT2D eigenvalue weighted by atomic mass is 10.1. The van der Waals surface area contributed by atoms with Crippen LogP contribution >= 0.6 is 35.8 Å². The van der Waals surface area contributed by atoms with Crippen molar-refractivity contribution in [3.8, 4) is 0 Å². The van der Waals surface area contributed by atoms with Crippen LogP contribution in [0.1, 0.15) is 12.0 Å². The first-order valence-electron chi connectivity index (χ1n) is 8.73. The van der Waals surface area contributed by atoms with Crippen molar-refractivity contribution in [1.82, 2.24) is 15.1 Å². The first kappa shape index (κ1) is 21.4. The molecule has 2 amide bonds. The van der Waals surface area contributed by atoms with E-state index >= 15 is 0 Å². The number of nitrogens with one attached hydrogen (secondary N) is 1. The van der Waals surface area contributed by atoms with Crippen LogP contribution in [0.25, 0.3) is 0 Å². The highest BCUT2D eigenvalue weighted by atomic mass is 35.5. The lowest BCUT2D eigenvalue weighted by Crippen LogP contribution is -2.52. The average Bonchev–Trinajstić information content (AvgIpc) is 2.64. The zero-order chi connectivity index (χ0) is 17.6. The number of halogens is 2. The number of rotatable bonds is 4. The molecule has 144 valence electrons. The van der Waals surface area contributed by atoms with Gasteiger partial charge in [0.2, 0.25) is 11.8 Å². The number of hydrogen-bond donors (Lipinski definition) is 1. The van der Waals surface area contributed by atoms with Crippen LogP contribution in [-0.4, -0.2) is 71.9 Å². The van der Waals surface area contributed by atoms with Crippen LogP contribution in [0.2, 0.25) is 5.02 Å². The highest BCUT2D eigenvalue weighted by Crippen LogP contribution is 2.14. The van der Waals surface area contributed by atoms with Gasteiger partial charge in [-0.2, -0.15) is 11.8 Å². The van der Waals surface area contributed by atoms with Gasteiger partial charge in [0.05, 0.1) is 6.42 Å². The van der Waals surface area contributed by atoms with Crippen LogP contribution in [-0.2, 0) is 16.0 Å². The largest absolute Gasteiger partial charge is 0.339 e. The lowest BCUT2D eigenvalue weighted by Gasteiger charge is -2.36. The molecule has 0 radical (unpaired) electrons. The summed E-state index contributed by atoms with van der Waals surface area (Å²) in [4.78, 5) is 28.6. The van der Waals surface area contributed by atoms with E-state index in [0.29, 0.717) is 44.0 Å². The molecule has 1 unspecified atom stereocenters. The molecule has 5 nitrogen and oxygen atoms in total. The van der Waals surface area contributed by atoms with Crippen LogP contribution in [0.3, 0.4) is 0 Å². The Balaban J connectivity index is 0.00000243. The summed E-state index contributed by atoms with van der Waals surface area (Å²) >= 11 is 7.78. The summed E-state index contributed by atoms with van der Waals surface area (Å²) in [6.07, 6.45) is 0.944. The quantitative estimate of drug-likeness (QED) is 0.814. The van der Waals surface area contributed by atoms with Crippen molar-refractivity contribution >= 4 is 47.6 Å². The van der Waals surface area contributed by atoms with E-state index in [0.717, 1.165) is 23.6 Å². The minimum atomic E-state index is 0. The molecule has 8 heteroatoms. The standard InChI is InChI=1S/C18H24ClN3O2S.ClH/c19-15-3-1-14(2-4-15)11-17(23)21-6-8-22(9-7-21)18(24)12-16-13-25-10-5-20-16;/h1-4,16,20H,5-13H2;1H. The van der Waals surface area contributed by atoms with Gasteiger partial charge in [-0.25, -0.2) is 0 Å². The molecule has 1 aromatic carbocycles. The van der Waals surface area contributed by atoms with Crippen molar-refractivity contribution < 1.29 is 9.59 Å². The van der Waals surface area contributed by atoms with Gasteiger partial charge in [-0.15, -0.1) is 12.4 Å². The minimum absolute atomic E-state index is 0. The number of thioether (sulfide) groups is 1. The van der Waals surface area contributed by atoms with E-state index in [1.165, 1.54) is 0 Å². The minimum Gasteiger partial charge on any atom is -0.339 e. The number of nitrogens with zero attached hydrogens (tertiary/aromatic N) is 2. The highest BCUT2D eigenvalue weighted by molar-refractivity contribution is 7.99. The first-order valence-corrected chi connectivity index (χ1v) is 10.3. The second-order valence-corrected chi connectivity index (χ2v) is 8.08. The van der Waals surface area contributed by atoms with Gasteiger partial charge in [0.15, 0.2) is 0 Å². The molecule has 2 aliphatic rings. The number of carbonyl (C=O) groups excluding carboxylic acids is 2. The molecule has 1 atom stereocenters. The summed E-state index contributed by atoms with van der Waals surface area (Å²) in [5.41, 5.74) is 0.966. The molecule has 1 aromatic rings. The maximum absolute atomic E-state index is 12.4. The summed E-state index contributed by atoms with van der Waals surface area (Å²) in [6, 6.07) is 7.66. The molecule has 1 N–H and O–H groups in total. The van der Waals surface area contributed by atoms with Gasteiger partial charge in [0.1, 0.15) is 0 Å². The predicted molar refractivity (Wildman–Crippen MR) is 109 cm³/mol. The molecule has 0 aliphatic carbocycles. The third kappa shape index (κ3) is 6.05. The summed E-state index contributed by atoms with van der Waals surface area (Å²) in [5.74, 6) is 2.44. The van der Waals surface area contributed by atoms with Gasteiger partial charge in [-0.05, 0) is 17.7 Å². The zero-order valence-electron chi connectivity index (χ0n) is 14.7. The van der Waals surface area contributed by atoms with E-state index in [4.69, 9.17) is 11.6 Å². The maximum atomic E-state index is 12.4. The number of piperazine rings is 1. The molecule has 2 heterocycles. The van der Waals surface area contributed by atoms with E-state index in [2.05, 4.69) is 5.32 Å². The highest BCUT2D eigenvalue weighted by Gasteiger charge is 2.26. The van der Waals surface area contributed by atoms with Crippen molar-refractivity contribution in [2.75, 3.05) is 44.2 Å². The van der Waals surface area contributed by atoms with Gasteiger partial charge in [0, 0.05) is 61.7 Å². The maximum Gasteiger partial charge on any atom is 0.227 e. The molecule has 2 fully saturated rings. The first-order chi connectivity index (χ1) is 12.1. The normalized spacial score (nSPS) is 20.4. The molecular formula is C18H25Cl2N3O2S. The molecule has 0 spiro atoms. The Hall–Kier alpha value is -0.950. The summed E-state index contributed by atoms with van der Waals surface area (Å²) < 4.78 is 0. The fourth-order valence-corrected chi connectivity index (χ4v) is 4.26. The van der Waals surface area contributed by atoms with Crippen LogP contribution in [0.15, 0.2) is 24.3 Å². The predicted octanol–water partition coefficient (Wildman–Crippen LogP) is 2.07. The van der Waals surface area contributed by atoms with Crippen LogP contribution < -0.4 is 5.32 Å². The van der Waals surface area contributed by atoms with Crippen LogP contribution in [0, 0.1) is 0 Å². The Kier molecular flexibility index (Phi) is 8.54. The van der Waals surface area contributed by atoms with Gasteiger partial charge < -0.3 is 15.1 Å². The molecule has 2 aliphatic heterocycles.